The number of nitrogens with zero attached hydrogens (tertiary/aromatic N) is 2. The minimum absolute atomic E-state index is 0.0304. The number of thiophene rings is 1. The number of carbonyl (C=O) groups excluding carboxylic acids is 2. The van der Waals surface area contributed by atoms with Crippen LogP contribution in [0.25, 0.3) is 11.5 Å². The van der Waals surface area contributed by atoms with Gasteiger partial charge in [-0.05, 0) is 49.3 Å². The first-order valence-corrected chi connectivity index (χ1v) is 11.6. The molecular formula is C21H20N3O4S2-. The molecule has 0 saturated carbocycles. The predicted octanol–water partition coefficient (Wildman–Crippen LogP) is 3.72. The quantitative estimate of drug-likeness (QED) is 0.556. The molecule has 1 aliphatic rings. The van der Waals surface area contributed by atoms with Crippen molar-refractivity contribution in [2.75, 3.05) is 11.1 Å². The Kier molecular flexibility index (Phi) is 6.19. The van der Waals surface area contributed by atoms with E-state index in [1.807, 2.05) is 30.3 Å². The van der Waals surface area contributed by atoms with Crippen LogP contribution in [0.4, 0.5) is 5.00 Å². The second-order valence-corrected chi connectivity index (χ2v) is 9.04. The van der Waals surface area contributed by atoms with Crippen LogP contribution in [0.5, 0.6) is 0 Å². The van der Waals surface area contributed by atoms with Gasteiger partial charge in [-0.2, -0.15) is 0 Å². The Balaban J connectivity index is 1.44. The fourth-order valence-corrected chi connectivity index (χ4v) is 5.61. The molecule has 1 N–H and O–H groups in total. The average Bonchev–Trinajstić information content (AvgIpc) is 3.37. The number of hydrogen-bond acceptors (Lipinski definition) is 8. The van der Waals surface area contributed by atoms with Crippen LogP contribution in [0, 0.1) is 0 Å². The van der Waals surface area contributed by atoms with Crippen LogP contribution in [-0.2, 0) is 11.2 Å². The molecule has 9 heteroatoms. The molecule has 0 saturated heterocycles. The summed E-state index contributed by atoms with van der Waals surface area (Å²) in [5.41, 5.74) is 1.79. The standard InChI is InChI=1S/C21H21N3O4S2/c1-2-12-9-6-10-14-16(12)17(20(26)27)19(30-14)22-15(25)11-29-21-24-23-18(28-21)13-7-4-3-5-8-13/h3-5,7-8,12H,2,6,9-11H2,1H3,(H,22,25)(H,26,27)/p-1. The molecule has 1 unspecified atom stereocenters. The minimum Gasteiger partial charge on any atom is -0.545 e. The van der Waals surface area contributed by atoms with Crippen molar-refractivity contribution in [2.24, 2.45) is 0 Å². The molecule has 1 aliphatic carbocycles. The summed E-state index contributed by atoms with van der Waals surface area (Å²) in [6.45, 7) is 2.06. The fourth-order valence-electron chi connectivity index (χ4n) is 3.72. The lowest BCUT2D eigenvalue weighted by molar-refractivity contribution is -0.255. The van der Waals surface area contributed by atoms with Crippen molar-refractivity contribution in [2.45, 2.75) is 43.7 Å². The van der Waals surface area contributed by atoms with E-state index < -0.39 is 5.97 Å². The molecule has 2 aromatic heterocycles. The van der Waals surface area contributed by atoms with Gasteiger partial charge in [0.25, 0.3) is 5.22 Å². The molecule has 4 rings (SSSR count). The average molecular weight is 443 g/mol. The number of fused-ring (bicyclic) bond motifs is 1. The predicted molar refractivity (Wildman–Crippen MR) is 114 cm³/mol. The topological polar surface area (TPSA) is 108 Å². The van der Waals surface area contributed by atoms with Gasteiger partial charge >= 0.3 is 0 Å². The van der Waals surface area contributed by atoms with Gasteiger partial charge in [0.2, 0.25) is 11.8 Å². The van der Waals surface area contributed by atoms with E-state index in [9.17, 15) is 14.7 Å². The number of aromatic nitrogens is 2. The van der Waals surface area contributed by atoms with Crippen LogP contribution in [0.15, 0.2) is 40.0 Å². The van der Waals surface area contributed by atoms with Crippen molar-refractivity contribution < 1.29 is 19.1 Å². The highest BCUT2D eigenvalue weighted by molar-refractivity contribution is 7.99. The zero-order valence-electron chi connectivity index (χ0n) is 16.3. The van der Waals surface area contributed by atoms with E-state index in [4.69, 9.17) is 4.42 Å². The normalized spacial score (nSPS) is 15.6. The molecule has 156 valence electrons. The molecule has 1 aromatic carbocycles. The van der Waals surface area contributed by atoms with E-state index in [-0.39, 0.29) is 28.4 Å². The maximum absolute atomic E-state index is 12.5. The Labute approximate surface area is 181 Å². The van der Waals surface area contributed by atoms with Crippen molar-refractivity contribution in [3.8, 4) is 11.5 Å². The van der Waals surface area contributed by atoms with Crippen molar-refractivity contribution in [1.29, 1.82) is 0 Å². The van der Waals surface area contributed by atoms with Gasteiger partial charge in [-0.1, -0.05) is 36.9 Å². The summed E-state index contributed by atoms with van der Waals surface area (Å²) in [5.74, 6) is -0.946. The van der Waals surface area contributed by atoms with Gasteiger partial charge in [0.05, 0.1) is 11.7 Å². The molecule has 2 heterocycles. The number of amides is 1. The number of thioether (sulfide) groups is 1. The molecule has 1 atom stereocenters. The van der Waals surface area contributed by atoms with Gasteiger partial charge in [-0.3, -0.25) is 4.79 Å². The second-order valence-electron chi connectivity index (χ2n) is 7.00. The maximum Gasteiger partial charge on any atom is 0.277 e. The van der Waals surface area contributed by atoms with Crippen LogP contribution in [0.3, 0.4) is 0 Å². The van der Waals surface area contributed by atoms with Gasteiger partial charge in [0.1, 0.15) is 5.00 Å². The van der Waals surface area contributed by atoms with Crippen LogP contribution in [0.1, 0.15) is 52.9 Å². The van der Waals surface area contributed by atoms with Gasteiger partial charge in [-0.15, -0.1) is 21.5 Å². The van der Waals surface area contributed by atoms with E-state index in [1.165, 1.54) is 11.3 Å². The number of aryl methyl sites for hydroxylation is 1. The molecule has 0 spiro atoms. The molecule has 0 bridgehead atoms. The summed E-state index contributed by atoms with van der Waals surface area (Å²) in [7, 11) is 0. The summed E-state index contributed by atoms with van der Waals surface area (Å²) in [6.07, 6.45) is 3.70. The summed E-state index contributed by atoms with van der Waals surface area (Å²) in [5, 5.41) is 23.2. The van der Waals surface area contributed by atoms with Crippen LogP contribution < -0.4 is 10.4 Å². The van der Waals surface area contributed by atoms with Gasteiger partial charge in [-0.25, -0.2) is 0 Å². The summed E-state index contributed by atoms with van der Waals surface area (Å²) >= 11 is 2.45. The number of aromatic carboxylic acids is 1. The molecule has 0 aliphatic heterocycles. The van der Waals surface area contributed by atoms with Gasteiger partial charge in [0.15, 0.2) is 0 Å². The fraction of sp³-hybridized carbons (Fsp3) is 0.333. The highest BCUT2D eigenvalue weighted by Gasteiger charge is 2.28. The molecule has 0 radical (unpaired) electrons. The van der Waals surface area contributed by atoms with E-state index in [2.05, 4.69) is 22.4 Å². The highest BCUT2D eigenvalue weighted by atomic mass is 32.2. The smallest absolute Gasteiger partial charge is 0.277 e. The number of hydrogen-bond donors (Lipinski definition) is 1. The van der Waals surface area contributed by atoms with Crippen molar-refractivity contribution in [1.82, 2.24) is 10.2 Å². The summed E-state index contributed by atoms with van der Waals surface area (Å²) in [4.78, 5) is 25.3. The third-order valence-electron chi connectivity index (χ3n) is 5.09. The lowest BCUT2D eigenvalue weighted by Gasteiger charge is -2.23. The maximum atomic E-state index is 12.5. The van der Waals surface area contributed by atoms with Crippen LogP contribution in [-0.4, -0.2) is 27.8 Å². The number of nitrogens with one attached hydrogen (secondary N) is 1. The SMILES string of the molecule is CCC1CCCc2sc(NC(=O)CSc3nnc(-c4ccccc4)o3)c(C(=O)[O-])c21. The first-order chi connectivity index (χ1) is 14.6. The third-order valence-corrected chi connectivity index (χ3v) is 7.09. The molecule has 0 fully saturated rings. The van der Waals surface area contributed by atoms with Crippen molar-refractivity contribution >= 4 is 40.0 Å². The van der Waals surface area contributed by atoms with Crippen LogP contribution in [0.2, 0.25) is 0 Å². The number of carbonyl (C=O) groups is 2. The lowest BCUT2D eigenvalue weighted by Crippen LogP contribution is -2.26. The second kappa shape index (κ2) is 9.01. The molecular weight excluding hydrogens is 422 g/mol. The Bertz CT molecular complexity index is 1060. The van der Waals surface area contributed by atoms with Gasteiger partial charge in [0, 0.05) is 16.0 Å². The molecule has 7 nitrogen and oxygen atoms in total. The third kappa shape index (κ3) is 4.27. The molecule has 30 heavy (non-hydrogen) atoms. The van der Waals surface area contributed by atoms with E-state index in [1.54, 1.807) is 0 Å². The number of carboxylic acids is 1. The molecule has 3 aromatic rings. The Morgan fingerprint density at radius 3 is 2.83 bits per heavy atom. The first kappa shape index (κ1) is 20.6. The Morgan fingerprint density at radius 1 is 1.30 bits per heavy atom. The highest BCUT2D eigenvalue weighted by Crippen LogP contribution is 2.44. The van der Waals surface area contributed by atoms with Gasteiger partial charge < -0.3 is 19.6 Å². The number of carboxylic acid groups (broad SMARTS) is 1. The summed E-state index contributed by atoms with van der Waals surface area (Å²) in [6, 6.07) is 9.36. The zero-order chi connectivity index (χ0) is 21.1. The Morgan fingerprint density at radius 2 is 2.10 bits per heavy atom. The largest absolute Gasteiger partial charge is 0.545 e. The van der Waals surface area contributed by atoms with Crippen molar-refractivity contribution in [3.05, 3.63) is 46.3 Å². The van der Waals surface area contributed by atoms with Crippen LogP contribution >= 0.6 is 23.1 Å². The monoisotopic (exact) mass is 442 g/mol. The lowest BCUT2D eigenvalue weighted by atomic mass is 9.83. The number of anilines is 1. The van der Waals surface area contributed by atoms with E-state index in [0.29, 0.717) is 10.9 Å². The number of rotatable bonds is 7. The van der Waals surface area contributed by atoms with Crippen molar-refractivity contribution in [3.63, 3.8) is 0 Å². The van der Waals surface area contributed by atoms with E-state index >= 15 is 0 Å². The number of benzene rings is 1. The zero-order valence-corrected chi connectivity index (χ0v) is 18.0. The molecule has 1 amide bonds. The van der Waals surface area contributed by atoms with E-state index in [0.717, 1.165) is 53.4 Å². The Hall–Kier alpha value is -2.65. The summed E-state index contributed by atoms with van der Waals surface area (Å²) < 4.78 is 5.59. The minimum atomic E-state index is -1.24. The first-order valence-electron chi connectivity index (χ1n) is 9.75.